The lowest BCUT2D eigenvalue weighted by Gasteiger charge is -2.38. The Kier molecular flexibility index (Phi) is 5.11. The molecule has 2 N–H and O–H groups in total. The molecule has 6 heteroatoms. The molecule has 180 valence electrons. The summed E-state index contributed by atoms with van der Waals surface area (Å²) in [7, 11) is 0. The molecule has 6 nitrogen and oxygen atoms in total. The van der Waals surface area contributed by atoms with Crippen molar-refractivity contribution in [3.63, 3.8) is 0 Å². The lowest BCUT2D eigenvalue weighted by molar-refractivity contribution is 0.0778. The van der Waals surface area contributed by atoms with E-state index in [0.29, 0.717) is 6.61 Å². The van der Waals surface area contributed by atoms with Crippen molar-refractivity contribution >= 4 is 16.6 Å². The van der Waals surface area contributed by atoms with Gasteiger partial charge in [-0.05, 0) is 55.4 Å². The highest BCUT2D eigenvalue weighted by Gasteiger charge is 2.34. The number of ether oxygens (including phenoxy) is 1. The molecule has 1 aliphatic heterocycles. The lowest BCUT2D eigenvalue weighted by atomic mass is 9.72. The van der Waals surface area contributed by atoms with E-state index in [0.717, 1.165) is 77.0 Å². The molecular formula is C30H29N5O. The van der Waals surface area contributed by atoms with E-state index in [1.165, 1.54) is 12.0 Å². The van der Waals surface area contributed by atoms with E-state index < -0.39 is 0 Å². The summed E-state index contributed by atoms with van der Waals surface area (Å²) in [5.74, 6) is 1.24. The topological polar surface area (TPSA) is 78.3 Å². The predicted octanol–water partition coefficient (Wildman–Crippen LogP) is 5.84. The molecule has 1 saturated carbocycles. The molecule has 0 spiro atoms. The molecule has 2 aliphatic rings. The molecule has 4 heterocycles. The number of rotatable bonds is 4. The highest BCUT2D eigenvalue weighted by Crippen LogP contribution is 2.40. The van der Waals surface area contributed by atoms with E-state index in [2.05, 4.69) is 81.5 Å². The second kappa shape index (κ2) is 8.50. The summed E-state index contributed by atoms with van der Waals surface area (Å²) in [4.78, 5) is 5.18. The van der Waals surface area contributed by atoms with E-state index >= 15 is 0 Å². The van der Waals surface area contributed by atoms with Gasteiger partial charge in [-0.2, -0.15) is 0 Å². The van der Waals surface area contributed by atoms with Crippen LogP contribution in [-0.4, -0.2) is 32.8 Å². The van der Waals surface area contributed by atoms with Crippen LogP contribution >= 0.6 is 0 Å². The van der Waals surface area contributed by atoms with Crippen LogP contribution in [0.3, 0.4) is 0 Å². The normalized spacial score (nSPS) is 19.4. The Hall–Kier alpha value is -3.61. The summed E-state index contributed by atoms with van der Waals surface area (Å²) in [6, 6.07) is 23.4. The lowest BCUT2D eigenvalue weighted by Crippen LogP contribution is -2.43. The van der Waals surface area contributed by atoms with Gasteiger partial charge in [0.05, 0.1) is 17.8 Å². The summed E-state index contributed by atoms with van der Waals surface area (Å²) in [6.07, 6.45) is 7.50. The number of nitrogens with two attached hydrogens (primary N) is 1. The van der Waals surface area contributed by atoms with Gasteiger partial charge in [-0.3, -0.25) is 4.40 Å². The van der Waals surface area contributed by atoms with Crippen LogP contribution in [0.4, 0.5) is 0 Å². The quantitative estimate of drug-likeness (QED) is 0.353. The zero-order chi connectivity index (χ0) is 24.1. The largest absolute Gasteiger partial charge is 0.381 e. The van der Waals surface area contributed by atoms with E-state index in [1.54, 1.807) is 0 Å². The second-order valence-electron chi connectivity index (χ2n) is 10.3. The molecule has 0 radical (unpaired) electrons. The van der Waals surface area contributed by atoms with Gasteiger partial charge in [0.15, 0.2) is 5.65 Å². The van der Waals surface area contributed by atoms with Crippen molar-refractivity contribution in [2.45, 2.75) is 43.6 Å². The fourth-order valence-corrected chi connectivity index (χ4v) is 5.70. The number of pyridine rings is 2. The molecule has 1 aliphatic carbocycles. The van der Waals surface area contributed by atoms with Gasteiger partial charge < -0.3 is 10.5 Å². The molecule has 1 unspecified atom stereocenters. The Morgan fingerprint density at radius 1 is 0.917 bits per heavy atom. The Morgan fingerprint density at radius 3 is 2.47 bits per heavy atom. The van der Waals surface area contributed by atoms with Gasteiger partial charge >= 0.3 is 0 Å². The molecule has 36 heavy (non-hydrogen) atoms. The molecule has 0 amide bonds. The first-order valence-corrected chi connectivity index (χ1v) is 12.9. The zero-order valence-corrected chi connectivity index (χ0v) is 20.2. The van der Waals surface area contributed by atoms with Gasteiger partial charge in [-0.25, -0.2) is 4.98 Å². The van der Waals surface area contributed by atoms with Crippen molar-refractivity contribution in [1.82, 2.24) is 19.6 Å². The van der Waals surface area contributed by atoms with Crippen LogP contribution in [0.1, 0.15) is 49.4 Å². The van der Waals surface area contributed by atoms with Crippen LogP contribution in [0.5, 0.6) is 0 Å². The van der Waals surface area contributed by atoms with Crippen molar-refractivity contribution in [1.29, 1.82) is 0 Å². The Bertz CT molecular complexity index is 1550. The maximum absolute atomic E-state index is 6.58. The van der Waals surface area contributed by atoms with E-state index in [1.807, 2.05) is 6.07 Å². The third-order valence-corrected chi connectivity index (χ3v) is 7.99. The molecule has 7 rings (SSSR count). The minimum absolute atomic E-state index is 0.169. The number of hydrogen-bond donors (Lipinski definition) is 1. The third kappa shape index (κ3) is 3.52. The number of nitrogens with zero attached hydrogens (tertiary/aromatic N) is 4. The van der Waals surface area contributed by atoms with Gasteiger partial charge in [-0.1, -0.05) is 54.6 Å². The first-order valence-electron chi connectivity index (χ1n) is 12.9. The van der Waals surface area contributed by atoms with Crippen LogP contribution in [0.2, 0.25) is 0 Å². The molecule has 2 fully saturated rings. The van der Waals surface area contributed by atoms with Crippen LogP contribution in [0.15, 0.2) is 72.9 Å². The molecule has 1 saturated heterocycles. The first kappa shape index (κ1) is 21.7. The number of fused-ring (bicyclic) bond motifs is 3. The molecule has 2 aromatic carbocycles. The maximum atomic E-state index is 6.58. The molecular weight excluding hydrogens is 446 g/mol. The SMILES string of the molecule is NC1(c2ccc(-c3nc4ccn5c(C6CCCOC6)nnc5c4cc3-c3ccccc3)cc2)CCC1. The number of hydrogen-bond acceptors (Lipinski definition) is 5. The van der Waals surface area contributed by atoms with Crippen LogP contribution < -0.4 is 5.73 Å². The van der Waals surface area contributed by atoms with Crippen molar-refractivity contribution in [3.05, 3.63) is 84.3 Å². The highest BCUT2D eigenvalue weighted by atomic mass is 16.5. The van der Waals surface area contributed by atoms with Gasteiger partial charge in [0, 0.05) is 40.8 Å². The number of benzene rings is 2. The van der Waals surface area contributed by atoms with Gasteiger partial charge in [0.1, 0.15) is 5.82 Å². The Labute approximate surface area is 210 Å². The average Bonchev–Trinajstić information content (AvgIpc) is 3.37. The molecule has 5 aromatic rings. The highest BCUT2D eigenvalue weighted by molar-refractivity contribution is 5.98. The number of aromatic nitrogens is 4. The summed E-state index contributed by atoms with van der Waals surface area (Å²) in [6.45, 7) is 1.53. The van der Waals surface area contributed by atoms with Gasteiger partial charge in [-0.15, -0.1) is 10.2 Å². The van der Waals surface area contributed by atoms with Crippen molar-refractivity contribution in [2.24, 2.45) is 5.73 Å². The zero-order valence-electron chi connectivity index (χ0n) is 20.2. The summed E-state index contributed by atoms with van der Waals surface area (Å²) in [5.41, 5.74) is 13.6. The maximum Gasteiger partial charge on any atom is 0.170 e. The molecule has 0 bridgehead atoms. The Morgan fingerprint density at radius 2 is 1.75 bits per heavy atom. The van der Waals surface area contributed by atoms with Crippen molar-refractivity contribution < 1.29 is 4.74 Å². The average molecular weight is 476 g/mol. The van der Waals surface area contributed by atoms with Crippen molar-refractivity contribution in [3.8, 4) is 22.4 Å². The Balaban J connectivity index is 1.39. The summed E-state index contributed by atoms with van der Waals surface area (Å²) < 4.78 is 7.84. The summed E-state index contributed by atoms with van der Waals surface area (Å²) >= 11 is 0. The van der Waals surface area contributed by atoms with E-state index in [-0.39, 0.29) is 11.5 Å². The second-order valence-corrected chi connectivity index (χ2v) is 10.3. The smallest absolute Gasteiger partial charge is 0.170 e. The predicted molar refractivity (Wildman–Crippen MR) is 142 cm³/mol. The van der Waals surface area contributed by atoms with Crippen molar-refractivity contribution in [2.75, 3.05) is 13.2 Å². The monoisotopic (exact) mass is 475 g/mol. The van der Waals surface area contributed by atoms with Crippen LogP contribution in [0, 0.1) is 0 Å². The van der Waals surface area contributed by atoms with Gasteiger partial charge in [0.25, 0.3) is 0 Å². The fourth-order valence-electron chi connectivity index (χ4n) is 5.70. The first-order chi connectivity index (χ1) is 17.7. The minimum atomic E-state index is -0.169. The van der Waals surface area contributed by atoms with Crippen LogP contribution in [-0.2, 0) is 10.3 Å². The molecule has 3 aromatic heterocycles. The summed E-state index contributed by atoms with van der Waals surface area (Å²) in [5, 5.41) is 10.2. The van der Waals surface area contributed by atoms with Crippen LogP contribution in [0.25, 0.3) is 38.9 Å². The minimum Gasteiger partial charge on any atom is -0.381 e. The fraction of sp³-hybridized carbons (Fsp3) is 0.300. The van der Waals surface area contributed by atoms with E-state index in [4.69, 9.17) is 15.5 Å². The third-order valence-electron chi connectivity index (χ3n) is 7.99. The van der Waals surface area contributed by atoms with Gasteiger partial charge in [0.2, 0.25) is 0 Å². The standard InChI is InChI=1S/C30H29N5O/c31-30(14-5-15-30)23-11-9-21(10-12-23)27-24(20-6-2-1-3-7-20)18-25-26(32-27)13-16-35-28(33-34-29(25)35)22-8-4-17-36-19-22/h1-3,6-7,9-13,16,18,22H,4-5,8,14-15,17,19,31H2. The molecule has 1 atom stereocenters. The van der Waals surface area contributed by atoms with E-state index in [9.17, 15) is 0 Å².